The highest BCUT2D eigenvalue weighted by molar-refractivity contribution is 7.17. The van der Waals surface area contributed by atoms with Crippen LogP contribution in [0.2, 0.25) is 0 Å². The van der Waals surface area contributed by atoms with Crippen molar-refractivity contribution in [3.8, 4) is 11.8 Å². The maximum Gasteiger partial charge on any atom is 0.341 e. The number of para-hydroxylation sites is 1. The highest BCUT2D eigenvalue weighted by Crippen LogP contribution is 2.41. The Morgan fingerprint density at radius 3 is 2.77 bits per heavy atom. The van der Waals surface area contributed by atoms with Crippen LogP contribution in [0.1, 0.15) is 53.1 Å². The van der Waals surface area contributed by atoms with Gasteiger partial charge in [-0.3, -0.25) is 4.79 Å². The van der Waals surface area contributed by atoms with E-state index < -0.39 is 11.9 Å². The zero-order chi connectivity index (χ0) is 22.4. The lowest BCUT2D eigenvalue weighted by Crippen LogP contribution is -2.17. The number of nitriles is 1. The Morgan fingerprint density at radius 2 is 2.10 bits per heavy atom. The molecule has 1 N–H and O–H groups in total. The van der Waals surface area contributed by atoms with Gasteiger partial charge in [0, 0.05) is 10.4 Å². The summed E-state index contributed by atoms with van der Waals surface area (Å²) in [4.78, 5) is 26.7. The number of anilines is 1. The molecule has 1 amide bonds. The van der Waals surface area contributed by atoms with Gasteiger partial charge in [0.15, 0.2) is 0 Å². The zero-order valence-corrected chi connectivity index (χ0v) is 18.8. The number of hydrogen-bond acceptors (Lipinski definition) is 6. The van der Waals surface area contributed by atoms with E-state index in [1.807, 2.05) is 12.1 Å². The van der Waals surface area contributed by atoms with E-state index in [1.165, 1.54) is 24.5 Å². The van der Waals surface area contributed by atoms with E-state index in [0.717, 1.165) is 36.1 Å². The number of amides is 1. The fourth-order valence-corrected chi connectivity index (χ4v) is 5.12. The van der Waals surface area contributed by atoms with Crippen LogP contribution in [-0.4, -0.2) is 25.6 Å². The summed E-state index contributed by atoms with van der Waals surface area (Å²) in [6.07, 6.45) is 5.25. The molecular formula is C24H26N2O4S. The van der Waals surface area contributed by atoms with Crippen LogP contribution in [0.5, 0.6) is 5.75 Å². The molecule has 3 rings (SSSR count). The van der Waals surface area contributed by atoms with Crippen LogP contribution in [0, 0.1) is 17.2 Å². The SMILES string of the molecule is CCOC(=O)c1c(NC(=O)/C(C#N)=C/c2ccccc2OC)sc2c1CCC(CC)C2. The number of hydrogen-bond donors (Lipinski definition) is 1. The van der Waals surface area contributed by atoms with Crippen molar-refractivity contribution in [2.75, 3.05) is 19.0 Å². The van der Waals surface area contributed by atoms with E-state index in [9.17, 15) is 14.9 Å². The quantitative estimate of drug-likeness (QED) is 0.374. The number of nitrogens with zero attached hydrogens (tertiary/aromatic N) is 1. The molecule has 0 aliphatic heterocycles. The number of nitrogens with one attached hydrogen (secondary N) is 1. The van der Waals surface area contributed by atoms with Gasteiger partial charge in [0.05, 0.1) is 19.3 Å². The predicted molar refractivity (Wildman–Crippen MR) is 121 cm³/mol. The Balaban J connectivity index is 1.94. The minimum atomic E-state index is -0.565. The topological polar surface area (TPSA) is 88.4 Å². The first kappa shape index (κ1) is 22.6. The fourth-order valence-electron chi connectivity index (χ4n) is 3.77. The van der Waals surface area contributed by atoms with E-state index in [1.54, 1.807) is 25.1 Å². The van der Waals surface area contributed by atoms with Gasteiger partial charge >= 0.3 is 5.97 Å². The molecule has 1 unspecified atom stereocenters. The maximum absolute atomic E-state index is 12.9. The molecule has 1 heterocycles. The number of ether oxygens (including phenoxy) is 2. The third-order valence-corrected chi connectivity index (χ3v) is 6.62. The third kappa shape index (κ3) is 4.97. The molecular weight excluding hydrogens is 412 g/mol. The van der Waals surface area contributed by atoms with Crippen molar-refractivity contribution in [1.29, 1.82) is 5.26 Å². The van der Waals surface area contributed by atoms with Crippen LogP contribution < -0.4 is 10.1 Å². The van der Waals surface area contributed by atoms with Gasteiger partial charge in [-0.2, -0.15) is 5.26 Å². The number of methoxy groups -OCH3 is 1. The number of esters is 1. The molecule has 6 nitrogen and oxygen atoms in total. The molecule has 31 heavy (non-hydrogen) atoms. The molecule has 0 saturated carbocycles. The summed E-state index contributed by atoms with van der Waals surface area (Å²) in [6, 6.07) is 9.10. The normalized spacial score (nSPS) is 15.5. The van der Waals surface area contributed by atoms with Gasteiger partial charge in [-0.15, -0.1) is 11.3 Å². The van der Waals surface area contributed by atoms with Gasteiger partial charge in [-0.1, -0.05) is 31.5 Å². The molecule has 0 spiro atoms. The van der Waals surface area contributed by atoms with Gasteiger partial charge in [0.2, 0.25) is 0 Å². The van der Waals surface area contributed by atoms with Crippen molar-refractivity contribution in [2.24, 2.45) is 5.92 Å². The average molecular weight is 439 g/mol. The molecule has 162 valence electrons. The van der Waals surface area contributed by atoms with Crippen molar-refractivity contribution in [2.45, 2.75) is 39.5 Å². The molecule has 1 aromatic carbocycles. The molecule has 1 aliphatic carbocycles. The molecule has 0 saturated heterocycles. The monoisotopic (exact) mass is 438 g/mol. The van der Waals surface area contributed by atoms with Gasteiger partial charge < -0.3 is 14.8 Å². The van der Waals surface area contributed by atoms with Crippen LogP contribution >= 0.6 is 11.3 Å². The first-order valence-corrected chi connectivity index (χ1v) is 11.2. The van der Waals surface area contributed by atoms with E-state index in [4.69, 9.17) is 9.47 Å². The Hall–Kier alpha value is -3.11. The van der Waals surface area contributed by atoms with Crippen LogP contribution in [0.4, 0.5) is 5.00 Å². The Labute approximate surface area is 186 Å². The standard InChI is InChI=1S/C24H26N2O4S/c1-4-15-10-11-18-20(12-15)31-23(21(18)24(28)30-5-2)26-22(27)17(14-25)13-16-8-6-7-9-19(16)29-3/h6-9,13,15H,4-5,10-12H2,1-3H3,(H,26,27)/b17-13+. The molecule has 0 bridgehead atoms. The first-order valence-electron chi connectivity index (χ1n) is 10.4. The highest BCUT2D eigenvalue weighted by atomic mass is 32.1. The van der Waals surface area contributed by atoms with Crippen LogP contribution in [-0.2, 0) is 22.4 Å². The molecule has 1 atom stereocenters. The minimum absolute atomic E-state index is 0.0721. The highest BCUT2D eigenvalue weighted by Gasteiger charge is 2.30. The summed E-state index contributed by atoms with van der Waals surface area (Å²) >= 11 is 1.41. The molecule has 7 heteroatoms. The van der Waals surface area contributed by atoms with E-state index in [2.05, 4.69) is 12.2 Å². The zero-order valence-electron chi connectivity index (χ0n) is 18.0. The van der Waals surface area contributed by atoms with Crippen molar-refractivity contribution in [3.63, 3.8) is 0 Å². The maximum atomic E-state index is 12.9. The summed E-state index contributed by atoms with van der Waals surface area (Å²) < 4.78 is 10.6. The summed E-state index contributed by atoms with van der Waals surface area (Å²) in [5, 5.41) is 12.8. The van der Waals surface area contributed by atoms with E-state index >= 15 is 0 Å². The number of carbonyl (C=O) groups excluding carboxylic acids is 2. The Morgan fingerprint density at radius 1 is 1.32 bits per heavy atom. The lowest BCUT2D eigenvalue weighted by Gasteiger charge is -2.20. The first-order chi connectivity index (χ1) is 15.0. The minimum Gasteiger partial charge on any atom is -0.496 e. The molecule has 0 radical (unpaired) electrons. The summed E-state index contributed by atoms with van der Waals surface area (Å²) in [7, 11) is 1.53. The van der Waals surface area contributed by atoms with Crippen molar-refractivity contribution >= 4 is 34.3 Å². The second-order valence-electron chi connectivity index (χ2n) is 7.31. The van der Waals surface area contributed by atoms with E-state index in [0.29, 0.717) is 27.8 Å². The van der Waals surface area contributed by atoms with Gasteiger partial charge in [-0.05, 0) is 49.8 Å². The number of rotatable bonds is 7. The van der Waals surface area contributed by atoms with Crippen molar-refractivity contribution in [1.82, 2.24) is 0 Å². The Kier molecular flexibility index (Phi) is 7.48. The lowest BCUT2D eigenvalue weighted by molar-refractivity contribution is -0.112. The summed E-state index contributed by atoms with van der Waals surface area (Å²) in [5.74, 6) is 0.138. The van der Waals surface area contributed by atoms with E-state index in [-0.39, 0.29) is 12.2 Å². The molecule has 1 aliphatic rings. The van der Waals surface area contributed by atoms with Crippen LogP contribution in [0.3, 0.4) is 0 Å². The van der Waals surface area contributed by atoms with Crippen LogP contribution in [0.25, 0.3) is 6.08 Å². The predicted octanol–water partition coefficient (Wildman–Crippen LogP) is 4.99. The van der Waals surface area contributed by atoms with Gasteiger partial charge in [0.1, 0.15) is 22.4 Å². The number of fused-ring (bicyclic) bond motifs is 1. The third-order valence-electron chi connectivity index (χ3n) is 5.46. The lowest BCUT2D eigenvalue weighted by atomic mass is 9.85. The Bertz CT molecular complexity index is 1050. The largest absolute Gasteiger partial charge is 0.496 e. The molecule has 2 aromatic rings. The second-order valence-corrected chi connectivity index (χ2v) is 8.42. The second kappa shape index (κ2) is 10.3. The van der Waals surface area contributed by atoms with Gasteiger partial charge in [-0.25, -0.2) is 4.79 Å². The fraction of sp³-hybridized carbons (Fsp3) is 0.375. The van der Waals surface area contributed by atoms with Crippen LogP contribution in [0.15, 0.2) is 29.8 Å². The van der Waals surface area contributed by atoms with Gasteiger partial charge in [0.25, 0.3) is 5.91 Å². The molecule has 1 aromatic heterocycles. The number of thiophene rings is 1. The number of carbonyl (C=O) groups is 2. The average Bonchev–Trinajstić information content (AvgIpc) is 3.14. The summed E-state index contributed by atoms with van der Waals surface area (Å²) in [5.41, 5.74) is 1.95. The molecule has 0 fully saturated rings. The van der Waals surface area contributed by atoms with Crippen molar-refractivity contribution in [3.05, 3.63) is 51.4 Å². The van der Waals surface area contributed by atoms with Crippen molar-refractivity contribution < 1.29 is 19.1 Å². The number of benzene rings is 1. The smallest absolute Gasteiger partial charge is 0.341 e. The summed E-state index contributed by atoms with van der Waals surface area (Å²) in [6.45, 7) is 4.18.